The van der Waals surface area contributed by atoms with Crippen LogP contribution in [-0.4, -0.2) is 59.9 Å². The van der Waals surface area contributed by atoms with Crippen LogP contribution in [0.15, 0.2) is 85.1 Å². The van der Waals surface area contributed by atoms with Crippen molar-refractivity contribution in [2.75, 3.05) is 20.2 Å². The molecule has 6 nitrogen and oxygen atoms in total. The highest BCUT2D eigenvalue weighted by atomic mass is 16.5. The summed E-state index contributed by atoms with van der Waals surface area (Å²) in [6.07, 6.45) is 36.3. The van der Waals surface area contributed by atoms with E-state index in [1.807, 2.05) is 4.90 Å². The second-order valence-electron chi connectivity index (χ2n) is 9.39. The van der Waals surface area contributed by atoms with Gasteiger partial charge in [0.2, 0.25) is 11.8 Å². The molecule has 2 atom stereocenters. The van der Waals surface area contributed by atoms with Crippen molar-refractivity contribution in [2.24, 2.45) is 0 Å². The maximum Gasteiger partial charge on any atom is 0.330 e. The molecule has 2 aliphatic rings. The standard InChI is InChI=1S/C32H44N2O4/c1-3-4-5-6-7-8-9-10-11-12-13-14-15-16-17-18-19-20-21-22-30(35)33-26-29-25-28(33)27-34(29)31(36)23-24-32(37)38-2/h4-5,7-8,10-11,13-14,16-17,19-20,23-24,28-29H,3,6,9,12,15,18,21-22,25-27H2,1-2H3/b5-4-,8-7-,11-10-,14-13-,17-16-,20-19-,24-23?/t28-,29-/m0/s1. The van der Waals surface area contributed by atoms with Crippen molar-refractivity contribution < 1.29 is 19.1 Å². The van der Waals surface area contributed by atoms with Crippen LogP contribution in [0.3, 0.4) is 0 Å². The third-order valence-corrected chi connectivity index (χ3v) is 6.53. The molecular weight excluding hydrogens is 476 g/mol. The summed E-state index contributed by atoms with van der Waals surface area (Å²) in [5.74, 6) is -0.601. The number of carbonyl (C=O) groups is 3. The van der Waals surface area contributed by atoms with Crippen molar-refractivity contribution in [1.29, 1.82) is 0 Å². The van der Waals surface area contributed by atoms with E-state index < -0.39 is 5.97 Å². The zero-order chi connectivity index (χ0) is 27.4. The van der Waals surface area contributed by atoms with Gasteiger partial charge in [0.05, 0.1) is 19.2 Å². The highest BCUT2D eigenvalue weighted by Gasteiger charge is 2.46. The molecule has 0 aliphatic carbocycles. The van der Waals surface area contributed by atoms with E-state index in [1.54, 1.807) is 4.90 Å². The zero-order valence-electron chi connectivity index (χ0n) is 23.0. The molecule has 2 aliphatic heterocycles. The third kappa shape index (κ3) is 11.8. The SMILES string of the molecule is CC/C=C\C/C=C\C/C=C\C/C=C\C/C=C\C/C=C\CCC(=O)N1C[C@@H]2C[C@H]1CN2C(=O)C=CC(=O)OC. The van der Waals surface area contributed by atoms with E-state index >= 15 is 0 Å². The number of rotatable bonds is 16. The second kappa shape index (κ2) is 18.8. The van der Waals surface area contributed by atoms with E-state index in [-0.39, 0.29) is 23.9 Å². The maximum absolute atomic E-state index is 12.6. The van der Waals surface area contributed by atoms with E-state index in [0.29, 0.717) is 19.5 Å². The quantitative estimate of drug-likeness (QED) is 0.142. The fourth-order valence-electron chi connectivity index (χ4n) is 4.54. The first-order chi connectivity index (χ1) is 18.6. The molecule has 2 heterocycles. The number of piperazine rings is 1. The van der Waals surface area contributed by atoms with Crippen LogP contribution in [0.4, 0.5) is 0 Å². The first-order valence-corrected chi connectivity index (χ1v) is 13.8. The molecule has 0 radical (unpaired) electrons. The van der Waals surface area contributed by atoms with Crippen molar-refractivity contribution >= 4 is 17.8 Å². The van der Waals surface area contributed by atoms with E-state index in [0.717, 1.165) is 57.4 Å². The van der Waals surface area contributed by atoms with Gasteiger partial charge < -0.3 is 14.5 Å². The van der Waals surface area contributed by atoms with E-state index in [9.17, 15) is 14.4 Å². The van der Waals surface area contributed by atoms with Crippen molar-refractivity contribution in [1.82, 2.24) is 9.80 Å². The predicted molar refractivity (Wildman–Crippen MR) is 154 cm³/mol. The largest absolute Gasteiger partial charge is 0.466 e. The Labute approximate surface area is 228 Å². The molecular formula is C32H44N2O4. The Balaban J connectivity index is 1.51. The first-order valence-electron chi connectivity index (χ1n) is 13.8. The topological polar surface area (TPSA) is 66.9 Å². The van der Waals surface area contributed by atoms with Gasteiger partial charge in [-0.25, -0.2) is 4.79 Å². The van der Waals surface area contributed by atoms with E-state index in [4.69, 9.17) is 0 Å². The molecule has 38 heavy (non-hydrogen) atoms. The molecule has 0 N–H and O–H groups in total. The number of carbonyl (C=O) groups excluding carboxylic acids is 3. The van der Waals surface area contributed by atoms with Gasteiger partial charge in [-0.15, -0.1) is 0 Å². The van der Waals surface area contributed by atoms with Crippen molar-refractivity contribution in [2.45, 2.75) is 76.8 Å². The molecule has 2 saturated heterocycles. The molecule has 2 rings (SSSR count). The number of hydrogen-bond donors (Lipinski definition) is 0. The van der Waals surface area contributed by atoms with Crippen LogP contribution in [0, 0.1) is 0 Å². The normalized spacial score (nSPS) is 19.8. The smallest absolute Gasteiger partial charge is 0.330 e. The molecule has 0 unspecified atom stereocenters. The molecule has 0 saturated carbocycles. The van der Waals surface area contributed by atoms with Crippen LogP contribution >= 0.6 is 0 Å². The number of nitrogens with zero attached hydrogens (tertiary/aromatic N) is 2. The predicted octanol–water partition coefficient (Wildman–Crippen LogP) is 6.01. The average Bonchev–Trinajstić information content (AvgIpc) is 3.54. The zero-order valence-corrected chi connectivity index (χ0v) is 23.0. The molecule has 0 spiro atoms. The van der Waals surface area contributed by atoms with Gasteiger partial charge in [-0.2, -0.15) is 0 Å². The molecule has 2 bridgehead atoms. The highest BCUT2D eigenvalue weighted by molar-refractivity contribution is 5.95. The Morgan fingerprint density at radius 2 is 1.16 bits per heavy atom. The number of methoxy groups -OCH3 is 1. The van der Waals surface area contributed by atoms with Gasteiger partial charge in [0.25, 0.3) is 0 Å². The fourth-order valence-corrected chi connectivity index (χ4v) is 4.54. The first kappa shape index (κ1) is 30.8. The highest BCUT2D eigenvalue weighted by Crippen LogP contribution is 2.31. The molecule has 2 amide bonds. The van der Waals surface area contributed by atoms with Gasteiger partial charge in [-0.05, 0) is 51.4 Å². The number of likely N-dealkylation sites (tertiary alicyclic amines) is 2. The van der Waals surface area contributed by atoms with Crippen LogP contribution in [0.1, 0.15) is 64.7 Å². The van der Waals surface area contributed by atoms with Crippen LogP contribution in [0.25, 0.3) is 0 Å². The van der Waals surface area contributed by atoms with Crippen molar-refractivity contribution in [3.8, 4) is 0 Å². The number of ether oxygens (including phenoxy) is 1. The lowest BCUT2D eigenvalue weighted by Gasteiger charge is -2.33. The van der Waals surface area contributed by atoms with Crippen LogP contribution in [-0.2, 0) is 19.1 Å². The fraction of sp³-hybridized carbons (Fsp3) is 0.469. The number of fused-ring (bicyclic) bond motifs is 2. The Morgan fingerprint density at radius 3 is 1.63 bits per heavy atom. The lowest BCUT2D eigenvalue weighted by atomic mass is 10.2. The van der Waals surface area contributed by atoms with Gasteiger partial charge >= 0.3 is 5.97 Å². The molecule has 0 aromatic carbocycles. The van der Waals surface area contributed by atoms with Gasteiger partial charge in [0.15, 0.2) is 0 Å². The van der Waals surface area contributed by atoms with E-state index in [2.05, 4.69) is 84.6 Å². The van der Waals surface area contributed by atoms with E-state index in [1.165, 1.54) is 13.2 Å². The van der Waals surface area contributed by atoms with Crippen LogP contribution < -0.4 is 0 Å². The van der Waals surface area contributed by atoms with Gasteiger partial charge in [-0.3, -0.25) is 9.59 Å². The second-order valence-corrected chi connectivity index (χ2v) is 9.39. The van der Waals surface area contributed by atoms with Gasteiger partial charge in [-0.1, -0.05) is 79.8 Å². The van der Waals surface area contributed by atoms with Crippen molar-refractivity contribution in [3.63, 3.8) is 0 Å². The lowest BCUT2D eigenvalue weighted by molar-refractivity contribution is -0.137. The van der Waals surface area contributed by atoms with Crippen molar-refractivity contribution in [3.05, 3.63) is 85.1 Å². The Bertz CT molecular complexity index is 955. The minimum absolute atomic E-state index is 0.0321. The maximum atomic E-state index is 12.6. The summed E-state index contributed by atoms with van der Waals surface area (Å²) in [5, 5.41) is 0. The van der Waals surface area contributed by atoms with Gasteiger partial charge in [0, 0.05) is 31.7 Å². The number of amides is 2. The summed E-state index contributed by atoms with van der Waals surface area (Å²) in [7, 11) is 1.28. The molecule has 0 aromatic rings. The minimum Gasteiger partial charge on any atom is -0.466 e. The van der Waals surface area contributed by atoms with Crippen LogP contribution in [0.2, 0.25) is 0 Å². The summed E-state index contributed by atoms with van der Waals surface area (Å²) in [6.45, 7) is 3.25. The third-order valence-electron chi connectivity index (χ3n) is 6.53. The molecule has 0 aromatic heterocycles. The minimum atomic E-state index is -0.547. The summed E-state index contributed by atoms with van der Waals surface area (Å²) in [5.41, 5.74) is 0. The van der Waals surface area contributed by atoms with Crippen LogP contribution in [0.5, 0.6) is 0 Å². The number of esters is 1. The molecule has 6 heteroatoms. The number of hydrogen-bond acceptors (Lipinski definition) is 4. The average molecular weight is 521 g/mol. The molecule has 2 fully saturated rings. The Kier molecular flexibility index (Phi) is 15.2. The summed E-state index contributed by atoms with van der Waals surface area (Å²) >= 11 is 0. The summed E-state index contributed by atoms with van der Waals surface area (Å²) in [4.78, 5) is 39.8. The Hall–Kier alpha value is -3.41. The Morgan fingerprint density at radius 1 is 0.684 bits per heavy atom. The summed E-state index contributed by atoms with van der Waals surface area (Å²) in [6, 6.07) is 0.109. The van der Waals surface area contributed by atoms with Gasteiger partial charge in [0.1, 0.15) is 0 Å². The lowest BCUT2D eigenvalue weighted by Crippen LogP contribution is -2.50. The number of allylic oxidation sites excluding steroid dienone is 12. The summed E-state index contributed by atoms with van der Waals surface area (Å²) < 4.78 is 4.52. The molecule has 206 valence electrons. The monoisotopic (exact) mass is 520 g/mol.